The van der Waals surface area contributed by atoms with Crippen molar-refractivity contribution in [1.29, 1.82) is 0 Å². The number of nitrogens with one attached hydrogen (secondary N) is 1. The molecule has 1 aliphatic rings. The van der Waals surface area contributed by atoms with E-state index < -0.39 is 0 Å². The number of nitrogens with zero attached hydrogens (tertiary/aromatic N) is 1. The molecule has 0 bridgehead atoms. The van der Waals surface area contributed by atoms with Crippen molar-refractivity contribution in [2.45, 2.75) is 133 Å². The first-order chi connectivity index (χ1) is 22.2. The van der Waals surface area contributed by atoms with E-state index in [1.807, 2.05) is 59.7 Å². The van der Waals surface area contributed by atoms with Gasteiger partial charge in [-0.25, -0.2) is 0 Å². The Bertz CT molecular complexity index is 700. The second-order valence-corrected chi connectivity index (χ2v) is 9.97. The minimum absolute atomic E-state index is 0.0502. The number of aliphatic hydroxyl groups excluding tert-OH is 1. The molecule has 274 valence electrons. The molecule has 2 rings (SSSR count). The van der Waals surface area contributed by atoms with Gasteiger partial charge in [-0.1, -0.05) is 100 Å². The number of amides is 2. The number of rotatable bonds is 13. The highest BCUT2D eigenvalue weighted by Crippen LogP contribution is 2.23. The number of aliphatic hydroxyl groups is 1. The third kappa shape index (κ3) is 34.2. The van der Waals surface area contributed by atoms with E-state index in [2.05, 4.69) is 30.8 Å². The highest BCUT2D eigenvalue weighted by Gasteiger charge is 2.20. The second-order valence-electron chi connectivity index (χ2n) is 9.97. The third-order valence-corrected chi connectivity index (χ3v) is 6.36. The van der Waals surface area contributed by atoms with Crippen LogP contribution in [0.1, 0.15) is 126 Å². The Morgan fingerprint density at radius 2 is 1.41 bits per heavy atom. The van der Waals surface area contributed by atoms with Crippen LogP contribution in [0.25, 0.3) is 0 Å². The maximum absolute atomic E-state index is 11.6. The van der Waals surface area contributed by atoms with E-state index in [-0.39, 0.29) is 18.5 Å². The number of hydrogen-bond acceptors (Lipinski definition) is 7. The van der Waals surface area contributed by atoms with Crippen molar-refractivity contribution >= 4 is 18.6 Å². The Kier molecular flexibility index (Phi) is 51.1. The molecule has 0 radical (unpaired) electrons. The Morgan fingerprint density at radius 3 is 1.67 bits per heavy atom. The van der Waals surface area contributed by atoms with Crippen molar-refractivity contribution < 1.29 is 33.7 Å². The number of aldehydes is 1. The fourth-order valence-electron chi connectivity index (χ4n) is 3.95. The lowest BCUT2D eigenvalue weighted by Gasteiger charge is -2.26. The molecule has 0 aliphatic heterocycles. The lowest BCUT2D eigenvalue weighted by Crippen LogP contribution is -2.45. The Balaban J connectivity index is -0.000000160. The number of unbranched alkanes of at least 4 members (excludes halogenated alkanes) is 1. The maximum Gasteiger partial charge on any atom is 0.242 e. The summed E-state index contributed by atoms with van der Waals surface area (Å²) in [5.41, 5.74) is 1.23. The molecule has 1 atom stereocenters. The molecule has 1 aliphatic carbocycles. The van der Waals surface area contributed by atoms with Crippen LogP contribution in [0.15, 0.2) is 18.2 Å². The molecular formula is C37H74N2O7. The lowest BCUT2D eigenvalue weighted by atomic mass is 9.91. The summed E-state index contributed by atoms with van der Waals surface area (Å²) >= 11 is 0. The summed E-state index contributed by atoms with van der Waals surface area (Å²) < 4.78 is 14.5. The first-order valence-electron chi connectivity index (χ1n) is 17.4. The van der Waals surface area contributed by atoms with Gasteiger partial charge in [0.15, 0.2) is 0 Å². The molecule has 46 heavy (non-hydrogen) atoms. The Labute approximate surface area is 284 Å². The van der Waals surface area contributed by atoms with E-state index >= 15 is 0 Å². The summed E-state index contributed by atoms with van der Waals surface area (Å²) in [5, 5.41) is 10.4. The summed E-state index contributed by atoms with van der Waals surface area (Å²) in [7, 11) is 6.57. The largest absolute Gasteiger partial charge is 0.497 e. The van der Waals surface area contributed by atoms with Crippen molar-refractivity contribution in [1.82, 2.24) is 10.2 Å². The van der Waals surface area contributed by atoms with Crippen LogP contribution < -0.4 is 14.8 Å². The van der Waals surface area contributed by atoms with E-state index in [1.54, 1.807) is 28.4 Å². The van der Waals surface area contributed by atoms with Crippen LogP contribution in [0.4, 0.5) is 0 Å². The lowest BCUT2D eigenvalue weighted by molar-refractivity contribution is -0.136. The number of methoxy groups -OCH3 is 3. The van der Waals surface area contributed by atoms with Gasteiger partial charge < -0.3 is 34.3 Å². The van der Waals surface area contributed by atoms with Gasteiger partial charge in [-0.15, -0.1) is 0 Å². The van der Waals surface area contributed by atoms with Gasteiger partial charge in [0.2, 0.25) is 12.3 Å². The molecule has 1 aromatic carbocycles. The summed E-state index contributed by atoms with van der Waals surface area (Å²) in [4.78, 5) is 33.9. The van der Waals surface area contributed by atoms with E-state index in [0.29, 0.717) is 26.0 Å². The predicted octanol–water partition coefficient (Wildman–Crippen LogP) is 7.90. The van der Waals surface area contributed by atoms with Crippen LogP contribution in [0, 0.1) is 5.92 Å². The molecule has 0 spiro atoms. The molecule has 0 saturated heterocycles. The molecule has 1 fully saturated rings. The van der Waals surface area contributed by atoms with E-state index in [0.717, 1.165) is 49.4 Å². The minimum atomic E-state index is -0.374. The zero-order valence-electron chi connectivity index (χ0n) is 32.1. The molecule has 9 heteroatoms. The van der Waals surface area contributed by atoms with Crippen molar-refractivity contribution in [2.75, 3.05) is 48.1 Å². The van der Waals surface area contributed by atoms with Crippen molar-refractivity contribution in [3.05, 3.63) is 23.8 Å². The van der Waals surface area contributed by atoms with Gasteiger partial charge in [0.25, 0.3) is 0 Å². The molecule has 1 saturated carbocycles. The smallest absolute Gasteiger partial charge is 0.242 e. The average Bonchev–Trinajstić information content (AvgIpc) is 3.10. The molecule has 2 N–H and O–H groups in total. The molecule has 1 aromatic rings. The van der Waals surface area contributed by atoms with Gasteiger partial charge in [-0.3, -0.25) is 9.59 Å². The van der Waals surface area contributed by atoms with Crippen LogP contribution >= 0.6 is 0 Å². The molecule has 1 unspecified atom stereocenters. The normalized spacial score (nSPS) is 11.7. The van der Waals surface area contributed by atoms with Crippen LogP contribution in [0.2, 0.25) is 0 Å². The number of ether oxygens (including phenoxy) is 3. The summed E-state index contributed by atoms with van der Waals surface area (Å²) in [5.74, 6) is 2.52. The topological polar surface area (TPSA) is 114 Å². The highest BCUT2D eigenvalue weighted by atomic mass is 16.5. The van der Waals surface area contributed by atoms with E-state index in [1.165, 1.54) is 42.6 Å². The van der Waals surface area contributed by atoms with Crippen LogP contribution in [0.5, 0.6) is 11.5 Å². The van der Waals surface area contributed by atoms with Crippen molar-refractivity contribution in [2.24, 2.45) is 5.92 Å². The zero-order valence-corrected chi connectivity index (χ0v) is 32.1. The molecule has 9 nitrogen and oxygen atoms in total. The zero-order chi connectivity index (χ0) is 36.6. The molecule has 0 aromatic heterocycles. The summed E-state index contributed by atoms with van der Waals surface area (Å²) in [6.07, 6.45) is 13.2. The summed E-state index contributed by atoms with van der Waals surface area (Å²) in [6, 6.07) is 5.53. The van der Waals surface area contributed by atoms with Crippen LogP contribution in [0.3, 0.4) is 0 Å². The fraction of sp³-hybridized carbons (Fsp3) is 0.757. The standard InChI is InChI=1S/C10H18N2O3.C10H14O2.C7H14.C4H10O.C2H6O.2C2H6/c1-3-5-9(7-13)12(4-2)10(15)6-11-8-14;1-4-8-5-9(11-2)7-10(6-8)12-3;1-7-5-3-2-4-6-7;1-2-3-4-5;1-3-2;2*1-2/h7-9H,3-6H2,1-2H3,(H,11,14);5-7H,4H2,1-3H3;7H,2-6H2,1H3;5H,2-4H2,1H3;1-2H3;2*1-2H3. The van der Waals surface area contributed by atoms with E-state index in [9.17, 15) is 14.4 Å². The highest BCUT2D eigenvalue weighted by molar-refractivity contribution is 5.82. The molecule has 0 heterocycles. The Hall–Kier alpha value is -2.65. The number of aryl methyl sites for hydroxylation is 1. The van der Waals surface area contributed by atoms with Crippen LogP contribution in [-0.4, -0.2) is 82.8 Å². The monoisotopic (exact) mass is 659 g/mol. The fourth-order valence-corrected chi connectivity index (χ4v) is 3.95. The van der Waals surface area contributed by atoms with Crippen LogP contribution in [-0.2, 0) is 25.5 Å². The Morgan fingerprint density at radius 1 is 0.913 bits per heavy atom. The van der Waals surface area contributed by atoms with Gasteiger partial charge in [-0.2, -0.15) is 0 Å². The van der Waals surface area contributed by atoms with Gasteiger partial charge in [0, 0.05) is 33.4 Å². The van der Waals surface area contributed by atoms with Gasteiger partial charge in [0.05, 0.1) is 26.8 Å². The predicted molar refractivity (Wildman–Crippen MR) is 195 cm³/mol. The SMILES string of the molecule is CC.CC.CC1CCCCC1.CCCC(C=O)N(CC)C(=O)CNC=O.CCCCO.CCc1cc(OC)cc(OC)c1.COC. The van der Waals surface area contributed by atoms with Gasteiger partial charge >= 0.3 is 0 Å². The van der Waals surface area contributed by atoms with E-state index in [4.69, 9.17) is 14.6 Å². The second kappa shape index (κ2) is 44.5. The third-order valence-electron chi connectivity index (χ3n) is 6.36. The van der Waals surface area contributed by atoms with Gasteiger partial charge in [0.1, 0.15) is 17.8 Å². The minimum Gasteiger partial charge on any atom is -0.497 e. The number of benzene rings is 1. The van der Waals surface area contributed by atoms with Crippen molar-refractivity contribution in [3.63, 3.8) is 0 Å². The maximum atomic E-state index is 11.6. The molecular weight excluding hydrogens is 584 g/mol. The number of likely N-dealkylation sites (N-methyl/N-ethyl adjacent to an activating group) is 1. The number of carbonyl (C=O) groups excluding carboxylic acids is 3. The van der Waals surface area contributed by atoms with Gasteiger partial charge in [-0.05, 0) is 49.8 Å². The average molecular weight is 659 g/mol. The van der Waals surface area contributed by atoms with Crippen molar-refractivity contribution in [3.8, 4) is 11.5 Å². The first kappa shape index (κ1) is 52.9. The molecule has 2 amide bonds. The summed E-state index contributed by atoms with van der Waals surface area (Å²) in [6.45, 7) is 19.1. The number of carbonyl (C=O) groups is 3. The number of hydrogen-bond donors (Lipinski definition) is 2. The quantitative estimate of drug-likeness (QED) is 0.207. The first-order valence-corrected chi connectivity index (χ1v) is 17.4.